The second-order valence-electron chi connectivity index (χ2n) is 5.54. The molecular formula is C20H15N3O3. The molecule has 26 heavy (non-hydrogen) atoms. The summed E-state index contributed by atoms with van der Waals surface area (Å²) in [4.78, 5) is 13.4. The third-order valence-corrected chi connectivity index (χ3v) is 3.78. The molecule has 128 valence electrons. The van der Waals surface area contributed by atoms with E-state index in [9.17, 15) is 4.79 Å². The van der Waals surface area contributed by atoms with Crippen LogP contribution in [0, 0.1) is 22.7 Å². The highest BCUT2D eigenvalue weighted by molar-refractivity contribution is 5.91. The van der Waals surface area contributed by atoms with Crippen molar-refractivity contribution in [3.05, 3.63) is 66.1 Å². The Kier molecular flexibility index (Phi) is 5.16. The molecule has 3 rings (SSSR count). The summed E-state index contributed by atoms with van der Waals surface area (Å²) in [5, 5.41) is 19.7. The van der Waals surface area contributed by atoms with Crippen LogP contribution >= 0.6 is 0 Å². The normalized spacial score (nSPS) is 10.1. The fourth-order valence-electron chi connectivity index (χ4n) is 2.51. The number of ether oxygens (including phenoxy) is 1. The maximum absolute atomic E-state index is 12.2. The lowest BCUT2D eigenvalue weighted by molar-refractivity contribution is 0.0759. The standard InChI is InChI=1S/C20H15N3O3/c21-9-11-23(12-10-22)20(24)19-8-7-18(26-19)14-25-17-6-5-15-3-1-2-4-16(15)13-17/h1-8,13H,11-12,14H2. The predicted octanol–water partition coefficient (Wildman–Crippen LogP) is 3.50. The van der Waals surface area contributed by atoms with Gasteiger partial charge in [-0.3, -0.25) is 4.79 Å². The first kappa shape index (κ1) is 17.1. The molecule has 0 saturated heterocycles. The Balaban J connectivity index is 1.67. The molecule has 0 aliphatic heterocycles. The van der Waals surface area contributed by atoms with E-state index in [1.54, 1.807) is 6.07 Å². The van der Waals surface area contributed by atoms with E-state index >= 15 is 0 Å². The minimum Gasteiger partial charge on any atom is -0.486 e. The van der Waals surface area contributed by atoms with Crippen LogP contribution < -0.4 is 4.74 Å². The number of hydrogen-bond acceptors (Lipinski definition) is 5. The smallest absolute Gasteiger partial charge is 0.291 e. The van der Waals surface area contributed by atoms with Gasteiger partial charge in [0.1, 0.15) is 31.2 Å². The van der Waals surface area contributed by atoms with E-state index in [2.05, 4.69) is 0 Å². The zero-order valence-electron chi connectivity index (χ0n) is 13.9. The molecule has 1 aromatic heterocycles. The molecule has 0 saturated carbocycles. The number of amides is 1. The van der Waals surface area contributed by atoms with Crippen molar-refractivity contribution in [3.8, 4) is 17.9 Å². The topological polar surface area (TPSA) is 90.3 Å². The highest BCUT2D eigenvalue weighted by Crippen LogP contribution is 2.22. The molecule has 0 N–H and O–H groups in total. The summed E-state index contributed by atoms with van der Waals surface area (Å²) in [5.74, 6) is 0.761. The molecule has 0 fully saturated rings. The summed E-state index contributed by atoms with van der Waals surface area (Å²) in [6, 6.07) is 20.6. The number of nitrogens with zero attached hydrogens (tertiary/aromatic N) is 3. The van der Waals surface area contributed by atoms with Crippen LogP contribution in [0.15, 0.2) is 59.0 Å². The van der Waals surface area contributed by atoms with E-state index in [4.69, 9.17) is 19.7 Å². The van der Waals surface area contributed by atoms with Crippen molar-refractivity contribution in [2.24, 2.45) is 0 Å². The first-order chi connectivity index (χ1) is 12.7. The lowest BCUT2D eigenvalue weighted by Gasteiger charge is -2.13. The SMILES string of the molecule is N#CCN(CC#N)C(=O)c1ccc(COc2ccc3ccccc3c2)o1. The van der Waals surface area contributed by atoms with Gasteiger partial charge in [-0.25, -0.2) is 0 Å². The van der Waals surface area contributed by atoms with Crippen molar-refractivity contribution in [2.45, 2.75) is 6.61 Å². The Labute approximate surface area is 150 Å². The molecule has 0 aliphatic rings. The van der Waals surface area contributed by atoms with Crippen LogP contribution in [0.25, 0.3) is 10.8 Å². The average molecular weight is 345 g/mol. The molecule has 1 amide bonds. The van der Waals surface area contributed by atoms with Crippen molar-refractivity contribution >= 4 is 16.7 Å². The largest absolute Gasteiger partial charge is 0.486 e. The van der Waals surface area contributed by atoms with Crippen LogP contribution in [0.2, 0.25) is 0 Å². The van der Waals surface area contributed by atoms with E-state index in [1.165, 1.54) is 6.07 Å². The minimum absolute atomic E-state index is 0.0765. The number of carbonyl (C=O) groups excluding carboxylic acids is 1. The summed E-state index contributed by atoms with van der Waals surface area (Å²) >= 11 is 0. The predicted molar refractivity (Wildman–Crippen MR) is 94.1 cm³/mol. The molecule has 3 aromatic rings. The molecule has 1 heterocycles. The molecular weight excluding hydrogens is 330 g/mol. The van der Waals surface area contributed by atoms with Gasteiger partial charge in [-0.1, -0.05) is 30.3 Å². The fourth-order valence-corrected chi connectivity index (χ4v) is 2.51. The number of rotatable bonds is 6. The van der Waals surface area contributed by atoms with Gasteiger partial charge in [0.2, 0.25) is 0 Å². The number of furan rings is 1. The molecule has 6 nitrogen and oxygen atoms in total. The Bertz CT molecular complexity index is 995. The van der Waals surface area contributed by atoms with Gasteiger partial charge in [0, 0.05) is 0 Å². The van der Waals surface area contributed by atoms with E-state index in [1.807, 2.05) is 54.6 Å². The summed E-state index contributed by atoms with van der Waals surface area (Å²) in [7, 11) is 0. The maximum Gasteiger partial charge on any atom is 0.291 e. The number of fused-ring (bicyclic) bond motifs is 1. The third-order valence-electron chi connectivity index (χ3n) is 3.78. The highest BCUT2D eigenvalue weighted by atomic mass is 16.5. The lowest BCUT2D eigenvalue weighted by Crippen LogP contribution is -2.31. The van der Waals surface area contributed by atoms with Gasteiger partial charge < -0.3 is 14.1 Å². The van der Waals surface area contributed by atoms with Crippen molar-refractivity contribution in [2.75, 3.05) is 13.1 Å². The van der Waals surface area contributed by atoms with E-state index < -0.39 is 5.91 Å². The molecule has 0 spiro atoms. The number of nitriles is 2. The summed E-state index contributed by atoms with van der Waals surface area (Å²) in [6.07, 6.45) is 0. The van der Waals surface area contributed by atoms with Crippen molar-refractivity contribution < 1.29 is 13.9 Å². The van der Waals surface area contributed by atoms with Crippen LogP contribution in [0.5, 0.6) is 5.75 Å². The average Bonchev–Trinajstić information content (AvgIpc) is 3.14. The molecule has 0 aliphatic carbocycles. The second kappa shape index (κ2) is 7.87. The molecule has 6 heteroatoms. The maximum atomic E-state index is 12.2. The lowest BCUT2D eigenvalue weighted by atomic mass is 10.1. The summed E-state index contributed by atoms with van der Waals surface area (Å²) in [6.45, 7) is -0.172. The minimum atomic E-state index is -0.495. The molecule has 2 aromatic carbocycles. The zero-order valence-corrected chi connectivity index (χ0v) is 13.9. The van der Waals surface area contributed by atoms with Crippen molar-refractivity contribution in [3.63, 3.8) is 0 Å². The van der Waals surface area contributed by atoms with Crippen LogP contribution in [-0.4, -0.2) is 23.9 Å². The number of carbonyl (C=O) groups is 1. The molecule has 0 radical (unpaired) electrons. The first-order valence-electron chi connectivity index (χ1n) is 7.95. The van der Waals surface area contributed by atoms with E-state index in [0.29, 0.717) is 11.5 Å². The van der Waals surface area contributed by atoms with Gasteiger partial charge in [0.15, 0.2) is 5.76 Å². The number of benzene rings is 2. The van der Waals surface area contributed by atoms with Crippen LogP contribution in [-0.2, 0) is 6.61 Å². The van der Waals surface area contributed by atoms with Crippen LogP contribution in [0.1, 0.15) is 16.3 Å². The summed E-state index contributed by atoms with van der Waals surface area (Å²) in [5.41, 5.74) is 0. The van der Waals surface area contributed by atoms with Gasteiger partial charge in [-0.2, -0.15) is 10.5 Å². The van der Waals surface area contributed by atoms with E-state index in [-0.39, 0.29) is 25.5 Å². The monoisotopic (exact) mass is 345 g/mol. The van der Waals surface area contributed by atoms with Gasteiger partial charge in [0.25, 0.3) is 5.91 Å². The zero-order chi connectivity index (χ0) is 18.4. The molecule has 0 atom stereocenters. The second-order valence-corrected chi connectivity index (χ2v) is 5.54. The van der Waals surface area contributed by atoms with Crippen LogP contribution in [0.3, 0.4) is 0 Å². The Morgan fingerprint density at radius 2 is 1.73 bits per heavy atom. The fraction of sp³-hybridized carbons (Fsp3) is 0.150. The van der Waals surface area contributed by atoms with Gasteiger partial charge >= 0.3 is 0 Å². The van der Waals surface area contributed by atoms with Gasteiger partial charge in [-0.05, 0) is 35.0 Å². The van der Waals surface area contributed by atoms with Crippen molar-refractivity contribution in [1.29, 1.82) is 10.5 Å². The Morgan fingerprint density at radius 1 is 1.00 bits per heavy atom. The third kappa shape index (κ3) is 3.82. The van der Waals surface area contributed by atoms with Gasteiger partial charge in [0.05, 0.1) is 12.1 Å². The van der Waals surface area contributed by atoms with Crippen molar-refractivity contribution in [1.82, 2.24) is 4.90 Å². The van der Waals surface area contributed by atoms with Crippen LogP contribution in [0.4, 0.5) is 0 Å². The van der Waals surface area contributed by atoms with Gasteiger partial charge in [-0.15, -0.1) is 0 Å². The molecule has 0 bridgehead atoms. The Hall–Kier alpha value is -3.77. The van der Waals surface area contributed by atoms with E-state index in [0.717, 1.165) is 15.7 Å². The summed E-state index contributed by atoms with van der Waals surface area (Å²) < 4.78 is 11.2. The molecule has 0 unspecified atom stereocenters. The highest BCUT2D eigenvalue weighted by Gasteiger charge is 2.19. The first-order valence-corrected chi connectivity index (χ1v) is 7.95. The Morgan fingerprint density at radius 3 is 2.46 bits per heavy atom. The number of hydrogen-bond donors (Lipinski definition) is 0. The quantitative estimate of drug-likeness (QED) is 0.638.